The van der Waals surface area contributed by atoms with Gasteiger partial charge < -0.3 is 9.84 Å². The van der Waals surface area contributed by atoms with Crippen LogP contribution in [0.5, 0.6) is 0 Å². The molecule has 0 amide bonds. The molecular formula is C22H24FNO3. The van der Waals surface area contributed by atoms with Crippen molar-refractivity contribution in [3.63, 3.8) is 0 Å². The third-order valence-corrected chi connectivity index (χ3v) is 6.13. The topological polar surface area (TPSA) is 59.4 Å². The average molecular weight is 369 g/mol. The summed E-state index contributed by atoms with van der Waals surface area (Å²) in [7, 11) is 0. The van der Waals surface area contributed by atoms with Crippen LogP contribution < -0.4 is 0 Å². The van der Waals surface area contributed by atoms with Crippen molar-refractivity contribution in [2.24, 2.45) is 5.92 Å². The third-order valence-electron chi connectivity index (χ3n) is 6.13. The van der Waals surface area contributed by atoms with Crippen LogP contribution >= 0.6 is 0 Å². The van der Waals surface area contributed by atoms with E-state index in [1.807, 2.05) is 30.3 Å². The summed E-state index contributed by atoms with van der Waals surface area (Å²) in [6, 6.07) is 12.5. The van der Waals surface area contributed by atoms with Crippen LogP contribution in [0.3, 0.4) is 0 Å². The smallest absolute Gasteiger partial charge is 0.314 e. The van der Waals surface area contributed by atoms with Crippen molar-refractivity contribution in [2.45, 2.75) is 49.5 Å². The van der Waals surface area contributed by atoms with Crippen molar-refractivity contribution in [1.29, 1.82) is 0 Å². The van der Waals surface area contributed by atoms with Crippen molar-refractivity contribution >= 4 is 5.97 Å². The largest absolute Gasteiger partial charge is 0.481 e. The fourth-order valence-corrected chi connectivity index (χ4v) is 4.15. The molecule has 0 atom stereocenters. The molecule has 142 valence electrons. The van der Waals surface area contributed by atoms with E-state index in [-0.39, 0.29) is 5.82 Å². The maximum absolute atomic E-state index is 13.4. The van der Waals surface area contributed by atoms with E-state index in [4.69, 9.17) is 4.74 Å². The number of aromatic nitrogens is 1. The summed E-state index contributed by atoms with van der Waals surface area (Å²) in [6.07, 6.45) is 5.62. The van der Waals surface area contributed by atoms with Crippen LogP contribution in [0.25, 0.3) is 0 Å². The fraction of sp³-hybridized carbons (Fsp3) is 0.455. The zero-order valence-corrected chi connectivity index (χ0v) is 15.2. The van der Waals surface area contributed by atoms with Gasteiger partial charge in [-0.15, -0.1) is 0 Å². The molecule has 0 aliphatic heterocycles. The highest BCUT2D eigenvalue weighted by Crippen LogP contribution is 2.49. The molecule has 2 fully saturated rings. The van der Waals surface area contributed by atoms with Crippen LogP contribution in [0.4, 0.5) is 4.39 Å². The van der Waals surface area contributed by atoms with E-state index in [1.54, 1.807) is 6.07 Å². The summed E-state index contributed by atoms with van der Waals surface area (Å²) in [5.74, 6) is -0.588. The van der Waals surface area contributed by atoms with Crippen LogP contribution in [-0.2, 0) is 20.5 Å². The second-order valence-corrected chi connectivity index (χ2v) is 7.86. The zero-order valence-electron chi connectivity index (χ0n) is 15.2. The van der Waals surface area contributed by atoms with E-state index in [2.05, 4.69) is 4.98 Å². The number of aliphatic carboxylic acids is 1. The van der Waals surface area contributed by atoms with Gasteiger partial charge in [-0.1, -0.05) is 30.3 Å². The van der Waals surface area contributed by atoms with Crippen molar-refractivity contribution in [3.8, 4) is 0 Å². The Kier molecular flexibility index (Phi) is 4.72. The summed E-state index contributed by atoms with van der Waals surface area (Å²) in [4.78, 5) is 16.5. The second kappa shape index (κ2) is 7.04. The first-order chi connectivity index (χ1) is 13.0. The van der Waals surface area contributed by atoms with Crippen LogP contribution in [0.2, 0.25) is 0 Å². The van der Waals surface area contributed by atoms with Crippen molar-refractivity contribution < 1.29 is 19.0 Å². The number of carboxylic acids is 1. The Morgan fingerprint density at radius 3 is 2.37 bits per heavy atom. The van der Waals surface area contributed by atoms with Gasteiger partial charge in [0.25, 0.3) is 0 Å². The van der Waals surface area contributed by atoms with Gasteiger partial charge in [0.05, 0.1) is 23.9 Å². The highest BCUT2D eigenvalue weighted by atomic mass is 19.1. The molecule has 2 aromatic rings. The van der Waals surface area contributed by atoms with Gasteiger partial charge in [0.1, 0.15) is 11.4 Å². The lowest BCUT2D eigenvalue weighted by Gasteiger charge is -2.44. The number of hydrogen-bond acceptors (Lipinski definition) is 3. The molecule has 2 aliphatic carbocycles. The minimum atomic E-state index is -0.909. The van der Waals surface area contributed by atoms with E-state index < -0.39 is 17.0 Å². The Morgan fingerprint density at radius 2 is 1.81 bits per heavy atom. The van der Waals surface area contributed by atoms with Gasteiger partial charge >= 0.3 is 5.97 Å². The number of halogens is 1. The zero-order chi connectivity index (χ0) is 18.9. The average Bonchev–Trinajstić information content (AvgIpc) is 3.52. The van der Waals surface area contributed by atoms with Crippen LogP contribution in [0.1, 0.15) is 49.8 Å². The molecular weight excluding hydrogens is 345 g/mol. The minimum Gasteiger partial charge on any atom is -0.481 e. The van der Waals surface area contributed by atoms with Crippen molar-refractivity contribution in [1.82, 2.24) is 4.98 Å². The predicted octanol–water partition coefficient (Wildman–Crippen LogP) is 4.44. The number of carbonyl (C=O) groups is 1. The van der Waals surface area contributed by atoms with E-state index in [1.165, 1.54) is 25.1 Å². The van der Waals surface area contributed by atoms with Crippen molar-refractivity contribution in [2.75, 3.05) is 6.61 Å². The maximum Gasteiger partial charge on any atom is 0.314 e. The number of pyridine rings is 1. The summed E-state index contributed by atoms with van der Waals surface area (Å²) in [5, 5.41) is 10.0. The Labute approximate surface area is 158 Å². The van der Waals surface area contributed by atoms with Gasteiger partial charge in [-0.2, -0.15) is 0 Å². The monoisotopic (exact) mass is 369 g/mol. The maximum atomic E-state index is 13.4. The quantitative estimate of drug-likeness (QED) is 0.818. The standard InChI is InChI=1S/C22H24FNO3/c23-18-8-9-19(24-14-18)22(27-15-16-6-7-16)12-10-21(11-13-22,20(25)26)17-4-2-1-3-5-17/h1-5,8-9,14,16H,6-7,10-13,15H2,(H,25,26)/t21-,22-. The van der Waals surface area contributed by atoms with Gasteiger partial charge in [-0.3, -0.25) is 9.78 Å². The molecule has 0 radical (unpaired) electrons. The number of benzene rings is 1. The predicted molar refractivity (Wildman–Crippen MR) is 98.8 cm³/mol. The number of nitrogens with zero attached hydrogens (tertiary/aromatic N) is 1. The Bertz CT molecular complexity index is 794. The first-order valence-electron chi connectivity index (χ1n) is 9.59. The highest BCUT2D eigenvalue weighted by Gasteiger charge is 2.50. The molecule has 1 aromatic carbocycles. The van der Waals surface area contributed by atoms with Gasteiger partial charge in [0, 0.05) is 0 Å². The second-order valence-electron chi connectivity index (χ2n) is 7.86. The normalized spacial score (nSPS) is 28.0. The Balaban J connectivity index is 1.63. The molecule has 0 saturated heterocycles. The molecule has 0 bridgehead atoms. The molecule has 4 rings (SSSR count). The van der Waals surface area contributed by atoms with Gasteiger partial charge in [0.2, 0.25) is 0 Å². The fourth-order valence-electron chi connectivity index (χ4n) is 4.15. The molecule has 2 saturated carbocycles. The summed E-state index contributed by atoms with van der Waals surface area (Å²) < 4.78 is 19.7. The van der Waals surface area contributed by atoms with Gasteiger partial charge in [0.15, 0.2) is 0 Å². The first-order valence-corrected chi connectivity index (χ1v) is 9.59. The number of hydrogen-bond donors (Lipinski definition) is 1. The van der Waals surface area contributed by atoms with Crippen LogP contribution in [0.15, 0.2) is 48.7 Å². The SMILES string of the molecule is O=C(O)[C@]1(c2ccccc2)CC[C@](OCC2CC2)(c2ccc(F)cn2)CC1. The Hall–Kier alpha value is -2.27. The molecule has 2 aliphatic rings. The Morgan fingerprint density at radius 1 is 1.11 bits per heavy atom. The number of carboxylic acid groups (broad SMARTS) is 1. The number of ether oxygens (including phenoxy) is 1. The molecule has 0 unspecified atom stereocenters. The molecule has 5 heteroatoms. The molecule has 4 nitrogen and oxygen atoms in total. The minimum absolute atomic E-state index is 0.379. The summed E-state index contributed by atoms with van der Waals surface area (Å²) in [6.45, 7) is 0.657. The van der Waals surface area contributed by atoms with Gasteiger partial charge in [-0.25, -0.2) is 4.39 Å². The lowest BCUT2D eigenvalue weighted by molar-refractivity contribution is -0.151. The summed E-state index contributed by atoms with van der Waals surface area (Å²) >= 11 is 0. The molecule has 0 spiro atoms. The molecule has 27 heavy (non-hydrogen) atoms. The lowest BCUT2D eigenvalue weighted by Crippen LogP contribution is -2.46. The first kappa shape index (κ1) is 18.1. The number of rotatable bonds is 6. The van der Waals surface area contributed by atoms with Crippen molar-refractivity contribution in [3.05, 3.63) is 65.7 Å². The van der Waals surface area contributed by atoms with Crippen LogP contribution in [-0.4, -0.2) is 22.7 Å². The van der Waals surface area contributed by atoms with E-state index >= 15 is 0 Å². The van der Waals surface area contributed by atoms with Crippen LogP contribution in [0, 0.1) is 11.7 Å². The third kappa shape index (κ3) is 3.48. The molecule has 1 heterocycles. The lowest BCUT2D eigenvalue weighted by atomic mass is 9.64. The molecule has 1 N–H and O–H groups in total. The van der Waals surface area contributed by atoms with Gasteiger partial charge in [-0.05, 0) is 62.1 Å². The van der Waals surface area contributed by atoms with E-state index in [0.29, 0.717) is 43.9 Å². The van der Waals surface area contributed by atoms with E-state index in [9.17, 15) is 14.3 Å². The highest BCUT2D eigenvalue weighted by molar-refractivity contribution is 5.81. The molecule has 1 aromatic heterocycles. The van der Waals surface area contributed by atoms with E-state index in [0.717, 1.165) is 5.56 Å². The summed E-state index contributed by atoms with van der Waals surface area (Å²) in [5.41, 5.74) is -0.00505.